The van der Waals surface area contributed by atoms with Gasteiger partial charge in [-0.2, -0.15) is 0 Å². The van der Waals surface area contributed by atoms with E-state index in [9.17, 15) is 0 Å². The third kappa shape index (κ3) is 1.04. The van der Waals surface area contributed by atoms with Crippen molar-refractivity contribution in [2.45, 2.75) is 0 Å². The summed E-state index contributed by atoms with van der Waals surface area (Å²) in [6.07, 6.45) is 1.93. The van der Waals surface area contributed by atoms with E-state index in [-0.39, 0.29) is 0 Å². The van der Waals surface area contributed by atoms with Gasteiger partial charge in [0.05, 0.1) is 11.4 Å². The standard InChI is InChI=1S/C11H7ClN2O/c12-7-3-4-9-8(6-7)11(13-15)10-2-1-5-14(9)10/h1-6,15H. The lowest BCUT2D eigenvalue weighted by atomic mass is 10.1. The van der Waals surface area contributed by atoms with Crippen molar-refractivity contribution < 1.29 is 5.21 Å². The number of halogens is 1. The van der Waals surface area contributed by atoms with Gasteiger partial charge in [-0.3, -0.25) is 0 Å². The van der Waals surface area contributed by atoms with Crippen LogP contribution in [0.25, 0.3) is 5.69 Å². The Bertz CT molecular complexity index is 572. The summed E-state index contributed by atoms with van der Waals surface area (Å²) in [5.74, 6) is 0. The third-order valence-electron chi connectivity index (χ3n) is 2.56. The second-order valence-electron chi connectivity index (χ2n) is 3.37. The fraction of sp³-hybridized carbons (Fsp3) is 0. The summed E-state index contributed by atoms with van der Waals surface area (Å²) in [6.45, 7) is 0. The summed E-state index contributed by atoms with van der Waals surface area (Å²) < 4.78 is 1.97. The highest BCUT2D eigenvalue weighted by atomic mass is 35.5. The van der Waals surface area contributed by atoms with Crippen molar-refractivity contribution in [1.29, 1.82) is 0 Å². The number of fused-ring (bicyclic) bond motifs is 3. The molecular formula is C11H7ClN2O. The lowest BCUT2D eigenvalue weighted by Crippen LogP contribution is -1.97. The maximum Gasteiger partial charge on any atom is 0.136 e. The Morgan fingerprint density at radius 2 is 2.13 bits per heavy atom. The van der Waals surface area contributed by atoms with Gasteiger partial charge in [0.1, 0.15) is 5.71 Å². The molecule has 2 aromatic rings. The first-order valence-corrected chi connectivity index (χ1v) is 4.89. The van der Waals surface area contributed by atoms with Crippen LogP contribution in [0.1, 0.15) is 11.3 Å². The van der Waals surface area contributed by atoms with Gasteiger partial charge in [-0.15, -0.1) is 0 Å². The molecule has 0 fully saturated rings. The molecule has 0 spiro atoms. The minimum atomic E-state index is 0.567. The predicted octanol–water partition coefficient (Wildman–Crippen LogP) is 2.67. The molecule has 0 radical (unpaired) electrons. The van der Waals surface area contributed by atoms with Crippen molar-refractivity contribution in [3.8, 4) is 5.69 Å². The lowest BCUT2D eigenvalue weighted by molar-refractivity contribution is 0.319. The second-order valence-corrected chi connectivity index (χ2v) is 3.81. The quantitative estimate of drug-likeness (QED) is 0.457. The fourth-order valence-electron chi connectivity index (χ4n) is 1.94. The van der Waals surface area contributed by atoms with E-state index >= 15 is 0 Å². The third-order valence-corrected chi connectivity index (χ3v) is 2.80. The molecule has 4 heteroatoms. The van der Waals surface area contributed by atoms with Gasteiger partial charge in [-0.1, -0.05) is 16.8 Å². The predicted molar refractivity (Wildman–Crippen MR) is 58.2 cm³/mol. The smallest absolute Gasteiger partial charge is 0.136 e. The molecule has 0 saturated heterocycles. The van der Waals surface area contributed by atoms with Crippen molar-refractivity contribution in [3.05, 3.63) is 52.8 Å². The average molecular weight is 219 g/mol. The van der Waals surface area contributed by atoms with Crippen molar-refractivity contribution >= 4 is 17.3 Å². The van der Waals surface area contributed by atoms with E-state index < -0.39 is 0 Å². The SMILES string of the molecule is ON=C1c2cc(Cl)ccc2-n2cccc21. The van der Waals surface area contributed by atoms with Crippen LogP contribution in [0.4, 0.5) is 0 Å². The second kappa shape index (κ2) is 2.87. The summed E-state index contributed by atoms with van der Waals surface area (Å²) in [4.78, 5) is 0. The van der Waals surface area contributed by atoms with E-state index in [2.05, 4.69) is 5.16 Å². The molecule has 0 amide bonds. The van der Waals surface area contributed by atoms with Crippen molar-refractivity contribution in [1.82, 2.24) is 4.57 Å². The monoisotopic (exact) mass is 218 g/mol. The van der Waals surface area contributed by atoms with Gasteiger partial charge in [-0.25, -0.2) is 0 Å². The summed E-state index contributed by atoms with van der Waals surface area (Å²) in [6, 6.07) is 9.36. The van der Waals surface area contributed by atoms with Crippen LogP contribution in [0.3, 0.4) is 0 Å². The summed E-state index contributed by atoms with van der Waals surface area (Å²) in [5, 5.41) is 13.0. The van der Waals surface area contributed by atoms with Crippen LogP contribution >= 0.6 is 11.6 Å². The molecule has 0 saturated carbocycles. The maximum absolute atomic E-state index is 9.00. The molecule has 1 aromatic carbocycles. The molecule has 3 rings (SSSR count). The van der Waals surface area contributed by atoms with Gasteiger partial charge in [0.25, 0.3) is 0 Å². The van der Waals surface area contributed by atoms with Crippen molar-refractivity contribution in [2.24, 2.45) is 5.16 Å². The molecule has 15 heavy (non-hydrogen) atoms. The van der Waals surface area contributed by atoms with Gasteiger partial charge in [0, 0.05) is 16.8 Å². The van der Waals surface area contributed by atoms with Crippen LogP contribution in [-0.2, 0) is 0 Å². The molecule has 2 heterocycles. The Kier molecular flexibility index (Phi) is 1.64. The number of nitrogens with zero attached hydrogens (tertiary/aromatic N) is 2. The number of oxime groups is 1. The highest BCUT2D eigenvalue weighted by Crippen LogP contribution is 2.30. The first-order valence-electron chi connectivity index (χ1n) is 4.51. The molecule has 0 bridgehead atoms. The largest absolute Gasteiger partial charge is 0.410 e. The molecule has 3 nitrogen and oxygen atoms in total. The molecule has 1 aromatic heterocycles. The first kappa shape index (κ1) is 8.56. The highest BCUT2D eigenvalue weighted by molar-refractivity contribution is 6.31. The first-order chi connectivity index (χ1) is 7.31. The Balaban J connectivity index is 2.39. The molecule has 0 atom stereocenters. The van der Waals surface area contributed by atoms with E-state index in [1.165, 1.54) is 0 Å². The number of hydrogen-bond acceptors (Lipinski definition) is 2. The lowest BCUT2D eigenvalue weighted by Gasteiger charge is -2.00. The van der Waals surface area contributed by atoms with Crippen LogP contribution < -0.4 is 0 Å². The van der Waals surface area contributed by atoms with Crippen molar-refractivity contribution in [3.63, 3.8) is 0 Å². The average Bonchev–Trinajstić information content (AvgIpc) is 2.76. The topological polar surface area (TPSA) is 37.5 Å². The Hall–Kier alpha value is -1.74. The van der Waals surface area contributed by atoms with Gasteiger partial charge < -0.3 is 9.77 Å². The highest BCUT2D eigenvalue weighted by Gasteiger charge is 2.24. The van der Waals surface area contributed by atoms with Crippen LogP contribution in [0, 0.1) is 0 Å². The Morgan fingerprint density at radius 3 is 2.93 bits per heavy atom. The summed E-state index contributed by atoms with van der Waals surface area (Å²) in [7, 11) is 0. The number of benzene rings is 1. The number of rotatable bonds is 0. The number of hydrogen-bond donors (Lipinski definition) is 1. The maximum atomic E-state index is 9.00. The van der Waals surface area contributed by atoms with Crippen molar-refractivity contribution in [2.75, 3.05) is 0 Å². The Morgan fingerprint density at radius 1 is 1.27 bits per heavy atom. The van der Waals surface area contributed by atoms with E-state index in [1.807, 2.05) is 35.0 Å². The van der Waals surface area contributed by atoms with Crippen LogP contribution in [0.2, 0.25) is 5.02 Å². The van der Waals surface area contributed by atoms with E-state index in [0.29, 0.717) is 10.7 Å². The van der Waals surface area contributed by atoms with Gasteiger partial charge in [-0.05, 0) is 30.3 Å². The minimum Gasteiger partial charge on any atom is -0.410 e. The zero-order chi connectivity index (χ0) is 10.4. The molecule has 1 aliphatic rings. The van der Waals surface area contributed by atoms with E-state index in [4.69, 9.17) is 16.8 Å². The van der Waals surface area contributed by atoms with Gasteiger partial charge in [0.2, 0.25) is 0 Å². The normalized spacial score (nSPS) is 15.4. The van der Waals surface area contributed by atoms with Crippen LogP contribution in [-0.4, -0.2) is 15.5 Å². The zero-order valence-corrected chi connectivity index (χ0v) is 8.44. The molecule has 0 aliphatic carbocycles. The number of aromatic nitrogens is 1. The van der Waals surface area contributed by atoms with E-state index in [1.54, 1.807) is 6.07 Å². The zero-order valence-electron chi connectivity index (χ0n) is 7.68. The van der Waals surface area contributed by atoms with Crippen LogP contribution in [0.15, 0.2) is 41.7 Å². The molecule has 74 valence electrons. The molecule has 1 N–H and O–H groups in total. The Labute approximate surface area is 91.2 Å². The summed E-state index contributed by atoms with van der Waals surface area (Å²) in [5.41, 5.74) is 3.31. The minimum absolute atomic E-state index is 0.567. The van der Waals surface area contributed by atoms with E-state index in [0.717, 1.165) is 16.9 Å². The summed E-state index contributed by atoms with van der Waals surface area (Å²) >= 11 is 5.91. The van der Waals surface area contributed by atoms with Gasteiger partial charge in [0.15, 0.2) is 0 Å². The molecule has 1 aliphatic heterocycles. The van der Waals surface area contributed by atoms with Crippen LogP contribution in [0.5, 0.6) is 0 Å². The molecule has 0 unspecified atom stereocenters. The van der Waals surface area contributed by atoms with Gasteiger partial charge >= 0.3 is 0 Å². The molecular weight excluding hydrogens is 212 g/mol. The fourth-order valence-corrected chi connectivity index (χ4v) is 2.11.